The van der Waals surface area contributed by atoms with Crippen molar-refractivity contribution in [3.8, 4) is 0 Å². The molecular weight excluding hydrogens is 198 g/mol. The van der Waals surface area contributed by atoms with E-state index in [9.17, 15) is 0 Å². The molecule has 0 atom stereocenters. The topological polar surface area (TPSA) is 21.3 Å². The van der Waals surface area contributed by atoms with E-state index in [1.165, 1.54) is 30.5 Å². The van der Waals surface area contributed by atoms with E-state index in [4.69, 9.17) is 4.74 Å². The Morgan fingerprint density at radius 2 is 2.06 bits per heavy atom. The summed E-state index contributed by atoms with van der Waals surface area (Å²) in [5, 5.41) is 3.35. The Morgan fingerprint density at radius 3 is 2.81 bits per heavy atom. The van der Waals surface area contributed by atoms with Gasteiger partial charge in [0.2, 0.25) is 0 Å². The quantitative estimate of drug-likeness (QED) is 0.677. The predicted octanol–water partition coefficient (Wildman–Crippen LogP) is 3.61. The van der Waals surface area contributed by atoms with Crippen LogP contribution in [0.15, 0.2) is 24.3 Å². The second-order valence-corrected chi connectivity index (χ2v) is 4.12. The van der Waals surface area contributed by atoms with Crippen molar-refractivity contribution in [3.05, 3.63) is 29.8 Å². The molecule has 0 aliphatic carbocycles. The molecule has 1 aromatic rings. The summed E-state index contributed by atoms with van der Waals surface area (Å²) in [7, 11) is 0. The van der Waals surface area contributed by atoms with Crippen LogP contribution in [0.4, 0.5) is 5.69 Å². The van der Waals surface area contributed by atoms with Crippen LogP contribution in [0.2, 0.25) is 0 Å². The molecule has 90 valence electrons. The number of unbranched alkanes of at least 4 members (excludes halogenated alkanes) is 2. The number of nitrogens with one attached hydrogen (secondary N) is 1. The van der Waals surface area contributed by atoms with Crippen molar-refractivity contribution >= 4 is 5.69 Å². The number of aryl methyl sites for hydroxylation is 1. The smallest absolute Gasteiger partial charge is 0.0639 e. The molecule has 0 amide bonds. The van der Waals surface area contributed by atoms with E-state index < -0.39 is 0 Å². The van der Waals surface area contributed by atoms with Crippen molar-refractivity contribution in [1.82, 2.24) is 0 Å². The lowest BCUT2D eigenvalue weighted by molar-refractivity contribution is 0.140. The Balaban J connectivity index is 2.03. The summed E-state index contributed by atoms with van der Waals surface area (Å²) >= 11 is 0. The van der Waals surface area contributed by atoms with Gasteiger partial charge in [-0.3, -0.25) is 0 Å². The molecule has 0 aliphatic rings. The highest BCUT2D eigenvalue weighted by atomic mass is 16.5. The van der Waals surface area contributed by atoms with Crippen LogP contribution >= 0.6 is 0 Å². The number of benzene rings is 1. The molecular formula is C14H23NO. The highest BCUT2D eigenvalue weighted by Gasteiger charge is 1.92. The van der Waals surface area contributed by atoms with E-state index in [0.717, 1.165) is 19.8 Å². The van der Waals surface area contributed by atoms with Crippen LogP contribution in [0.5, 0.6) is 0 Å². The molecule has 0 saturated heterocycles. The number of hydrogen-bond donors (Lipinski definition) is 1. The largest absolute Gasteiger partial charge is 0.383 e. The van der Waals surface area contributed by atoms with Gasteiger partial charge in [-0.15, -0.1) is 0 Å². The van der Waals surface area contributed by atoms with Crippen LogP contribution in [-0.2, 0) is 4.74 Å². The molecule has 1 aromatic carbocycles. The lowest BCUT2D eigenvalue weighted by Gasteiger charge is -2.07. The molecule has 2 heteroatoms. The van der Waals surface area contributed by atoms with Crippen molar-refractivity contribution in [2.45, 2.75) is 33.1 Å². The summed E-state index contributed by atoms with van der Waals surface area (Å²) in [6.07, 6.45) is 3.71. The fourth-order valence-corrected chi connectivity index (χ4v) is 1.58. The lowest BCUT2D eigenvalue weighted by atomic mass is 10.2. The van der Waals surface area contributed by atoms with Crippen LogP contribution in [-0.4, -0.2) is 19.8 Å². The van der Waals surface area contributed by atoms with Gasteiger partial charge in [0.1, 0.15) is 0 Å². The summed E-state index contributed by atoms with van der Waals surface area (Å²) in [6, 6.07) is 8.41. The zero-order valence-corrected chi connectivity index (χ0v) is 10.5. The first-order valence-electron chi connectivity index (χ1n) is 6.21. The molecule has 2 nitrogen and oxygen atoms in total. The molecule has 0 radical (unpaired) electrons. The van der Waals surface area contributed by atoms with Gasteiger partial charge in [-0.05, 0) is 31.0 Å². The maximum Gasteiger partial charge on any atom is 0.0639 e. The van der Waals surface area contributed by atoms with Gasteiger partial charge in [0, 0.05) is 18.8 Å². The van der Waals surface area contributed by atoms with Gasteiger partial charge in [-0.2, -0.15) is 0 Å². The fourth-order valence-electron chi connectivity index (χ4n) is 1.58. The summed E-state index contributed by atoms with van der Waals surface area (Å²) in [5.74, 6) is 0. The minimum atomic E-state index is 0.789. The van der Waals surface area contributed by atoms with Gasteiger partial charge < -0.3 is 10.1 Å². The fraction of sp³-hybridized carbons (Fsp3) is 0.571. The van der Waals surface area contributed by atoms with E-state index in [1.54, 1.807) is 0 Å². The average molecular weight is 221 g/mol. The second-order valence-electron chi connectivity index (χ2n) is 4.12. The number of rotatable bonds is 8. The van der Waals surface area contributed by atoms with E-state index in [0.29, 0.717) is 0 Å². The SMILES string of the molecule is CCCCCOCCNc1cccc(C)c1. The van der Waals surface area contributed by atoms with Gasteiger partial charge in [0.15, 0.2) is 0 Å². The molecule has 16 heavy (non-hydrogen) atoms. The van der Waals surface area contributed by atoms with Gasteiger partial charge in [0.05, 0.1) is 6.61 Å². The molecule has 0 aromatic heterocycles. The van der Waals surface area contributed by atoms with Crippen molar-refractivity contribution in [2.75, 3.05) is 25.1 Å². The Morgan fingerprint density at radius 1 is 1.19 bits per heavy atom. The normalized spacial score (nSPS) is 10.4. The first-order chi connectivity index (χ1) is 7.83. The third kappa shape index (κ3) is 5.76. The zero-order chi connectivity index (χ0) is 11.6. The number of hydrogen-bond acceptors (Lipinski definition) is 2. The summed E-state index contributed by atoms with van der Waals surface area (Å²) in [4.78, 5) is 0. The van der Waals surface area contributed by atoms with E-state index >= 15 is 0 Å². The van der Waals surface area contributed by atoms with E-state index in [1.807, 2.05) is 0 Å². The van der Waals surface area contributed by atoms with Crippen LogP contribution in [0, 0.1) is 6.92 Å². The van der Waals surface area contributed by atoms with Crippen molar-refractivity contribution in [1.29, 1.82) is 0 Å². The number of anilines is 1. The third-order valence-electron chi connectivity index (χ3n) is 2.49. The first kappa shape index (κ1) is 13.0. The van der Waals surface area contributed by atoms with E-state index in [-0.39, 0.29) is 0 Å². The molecule has 1 N–H and O–H groups in total. The Hall–Kier alpha value is -1.02. The van der Waals surface area contributed by atoms with Crippen LogP contribution in [0.25, 0.3) is 0 Å². The third-order valence-corrected chi connectivity index (χ3v) is 2.49. The Labute approximate surface area is 99.0 Å². The molecule has 1 rings (SSSR count). The maximum atomic E-state index is 5.53. The standard InChI is InChI=1S/C14H23NO/c1-3-4-5-10-16-11-9-15-14-8-6-7-13(2)12-14/h6-8,12,15H,3-5,9-11H2,1-2H3. The number of ether oxygens (including phenoxy) is 1. The summed E-state index contributed by atoms with van der Waals surface area (Å²) in [6.45, 7) is 6.88. The van der Waals surface area contributed by atoms with Crippen molar-refractivity contribution in [2.24, 2.45) is 0 Å². The van der Waals surface area contributed by atoms with E-state index in [2.05, 4.69) is 43.4 Å². The van der Waals surface area contributed by atoms with Crippen molar-refractivity contribution in [3.63, 3.8) is 0 Å². The van der Waals surface area contributed by atoms with Crippen LogP contribution < -0.4 is 5.32 Å². The monoisotopic (exact) mass is 221 g/mol. The Bertz CT molecular complexity index is 286. The van der Waals surface area contributed by atoms with Gasteiger partial charge in [-0.25, -0.2) is 0 Å². The second kappa shape index (κ2) is 8.17. The Kier molecular flexibility index (Phi) is 6.66. The van der Waals surface area contributed by atoms with Gasteiger partial charge in [-0.1, -0.05) is 31.9 Å². The minimum Gasteiger partial charge on any atom is -0.383 e. The lowest BCUT2D eigenvalue weighted by Crippen LogP contribution is -2.10. The molecule has 0 spiro atoms. The molecule has 0 fully saturated rings. The minimum absolute atomic E-state index is 0.789. The van der Waals surface area contributed by atoms with Crippen molar-refractivity contribution < 1.29 is 4.74 Å². The summed E-state index contributed by atoms with van der Waals surface area (Å²) < 4.78 is 5.53. The maximum absolute atomic E-state index is 5.53. The zero-order valence-electron chi connectivity index (χ0n) is 10.5. The molecule has 0 unspecified atom stereocenters. The van der Waals surface area contributed by atoms with Gasteiger partial charge >= 0.3 is 0 Å². The van der Waals surface area contributed by atoms with Gasteiger partial charge in [0.25, 0.3) is 0 Å². The highest BCUT2D eigenvalue weighted by Crippen LogP contribution is 2.08. The predicted molar refractivity (Wildman–Crippen MR) is 70.0 cm³/mol. The molecule has 0 heterocycles. The highest BCUT2D eigenvalue weighted by molar-refractivity contribution is 5.45. The van der Waals surface area contributed by atoms with Crippen LogP contribution in [0.1, 0.15) is 31.7 Å². The molecule has 0 bridgehead atoms. The first-order valence-corrected chi connectivity index (χ1v) is 6.21. The van der Waals surface area contributed by atoms with Crippen LogP contribution in [0.3, 0.4) is 0 Å². The molecule has 0 aliphatic heterocycles. The average Bonchev–Trinajstić information content (AvgIpc) is 2.28. The summed E-state index contributed by atoms with van der Waals surface area (Å²) in [5.41, 5.74) is 2.46. The molecule has 0 saturated carbocycles.